The van der Waals surface area contributed by atoms with Crippen LogP contribution in [0.25, 0.3) is 0 Å². The second kappa shape index (κ2) is 4.87. The van der Waals surface area contributed by atoms with Gasteiger partial charge in [0.25, 0.3) is 5.56 Å². The maximum atomic E-state index is 11.5. The molecule has 0 saturated heterocycles. The van der Waals surface area contributed by atoms with Gasteiger partial charge in [0.05, 0.1) is 17.0 Å². The Balaban J connectivity index is 3.12. The Morgan fingerprint density at radius 1 is 1.53 bits per heavy atom. The number of aromatic amines is 1. The molecule has 1 aromatic heterocycles. The van der Waals surface area contributed by atoms with E-state index in [1.807, 2.05) is 0 Å². The van der Waals surface area contributed by atoms with Crippen molar-refractivity contribution in [1.82, 2.24) is 9.55 Å². The highest BCUT2D eigenvalue weighted by molar-refractivity contribution is 9.10. The molecule has 1 rings (SSSR count). The second-order valence-corrected chi connectivity index (χ2v) is 5.09. The number of ether oxygens (including phenoxy) is 1. The lowest BCUT2D eigenvalue weighted by Gasteiger charge is -2.22. The lowest BCUT2D eigenvalue weighted by atomic mass is 9.94. The molecule has 0 amide bonds. The van der Waals surface area contributed by atoms with Crippen molar-refractivity contribution in [2.45, 2.75) is 20.4 Å². The number of methoxy groups -OCH3 is 1. The molecule has 0 radical (unpaired) electrons. The Kier molecular flexibility index (Phi) is 3.92. The van der Waals surface area contributed by atoms with Gasteiger partial charge in [0.15, 0.2) is 0 Å². The van der Waals surface area contributed by atoms with Gasteiger partial charge >= 0.3 is 11.7 Å². The lowest BCUT2D eigenvalue weighted by Crippen LogP contribution is -2.37. The number of hydrogen-bond donors (Lipinski definition) is 1. The summed E-state index contributed by atoms with van der Waals surface area (Å²) in [5.74, 6) is -0.424. The molecule has 17 heavy (non-hydrogen) atoms. The minimum Gasteiger partial charge on any atom is -0.469 e. The van der Waals surface area contributed by atoms with Crippen LogP contribution in [0.1, 0.15) is 13.8 Å². The third-order valence-electron chi connectivity index (χ3n) is 2.27. The summed E-state index contributed by atoms with van der Waals surface area (Å²) in [6.07, 6.45) is 1.35. The number of carbonyl (C=O) groups is 1. The molecular weight excluding hydrogens is 292 g/mol. The molecule has 0 spiro atoms. The molecule has 0 aliphatic carbocycles. The predicted octanol–water partition coefficient (Wildman–Crippen LogP) is 0.498. The summed E-state index contributed by atoms with van der Waals surface area (Å²) < 4.78 is 6.13. The zero-order chi connectivity index (χ0) is 13.2. The van der Waals surface area contributed by atoms with Crippen molar-refractivity contribution in [3.63, 3.8) is 0 Å². The summed E-state index contributed by atoms with van der Waals surface area (Å²) in [5.41, 5.74) is -1.91. The van der Waals surface area contributed by atoms with Crippen LogP contribution >= 0.6 is 15.9 Å². The molecule has 0 aliphatic heterocycles. The summed E-state index contributed by atoms with van der Waals surface area (Å²) >= 11 is 3.02. The minimum atomic E-state index is -0.851. The highest BCUT2D eigenvalue weighted by Gasteiger charge is 2.29. The van der Waals surface area contributed by atoms with Gasteiger partial charge in [-0.1, -0.05) is 0 Å². The Labute approximate surface area is 106 Å². The average Bonchev–Trinajstić information content (AvgIpc) is 2.24. The molecule has 0 atom stereocenters. The number of nitrogens with one attached hydrogen (secondary N) is 1. The van der Waals surface area contributed by atoms with E-state index in [0.717, 1.165) is 0 Å². The smallest absolute Gasteiger partial charge is 0.328 e. The van der Waals surface area contributed by atoms with Gasteiger partial charge in [-0.3, -0.25) is 19.1 Å². The number of H-pyrrole nitrogens is 1. The van der Waals surface area contributed by atoms with Crippen LogP contribution in [0.15, 0.2) is 20.3 Å². The predicted molar refractivity (Wildman–Crippen MR) is 64.8 cm³/mol. The van der Waals surface area contributed by atoms with Crippen molar-refractivity contribution in [1.29, 1.82) is 0 Å². The fourth-order valence-electron chi connectivity index (χ4n) is 1.37. The zero-order valence-corrected chi connectivity index (χ0v) is 11.3. The number of nitrogens with zero attached hydrogens (tertiary/aromatic N) is 1. The van der Waals surface area contributed by atoms with Crippen LogP contribution < -0.4 is 11.2 Å². The molecule has 6 nitrogen and oxygen atoms in total. The van der Waals surface area contributed by atoms with Crippen molar-refractivity contribution < 1.29 is 9.53 Å². The quantitative estimate of drug-likeness (QED) is 0.825. The molecule has 1 heterocycles. The first-order valence-corrected chi connectivity index (χ1v) is 5.65. The van der Waals surface area contributed by atoms with E-state index in [4.69, 9.17) is 0 Å². The van der Waals surface area contributed by atoms with Gasteiger partial charge in [-0.25, -0.2) is 4.79 Å². The monoisotopic (exact) mass is 304 g/mol. The summed E-state index contributed by atoms with van der Waals surface area (Å²) in [6.45, 7) is 3.43. The third-order valence-corrected chi connectivity index (χ3v) is 2.84. The standard InChI is InChI=1S/C10H13BrN2O4/c1-10(2,8(15)17-3)5-13-4-6(11)7(14)12-9(13)16/h4H,5H2,1-3H3,(H,12,14,16). The number of aromatic nitrogens is 2. The van der Waals surface area contributed by atoms with Crippen molar-refractivity contribution in [2.75, 3.05) is 7.11 Å². The summed E-state index contributed by atoms with van der Waals surface area (Å²) in [5, 5.41) is 0. The normalized spacial score (nSPS) is 11.3. The maximum absolute atomic E-state index is 11.5. The van der Waals surface area contributed by atoms with Gasteiger partial charge in [0.1, 0.15) is 0 Å². The summed E-state index contributed by atoms with van der Waals surface area (Å²) in [6, 6.07) is 0. The maximum Gasteiger partial charge on any atom is 0.328 e. The van der Waals surface area contributed by atoms with E-state index in [1.54, 1.807) is 13.8 Å². The number of esters is 1. The molecule has 0 unspecified atom stereocenters. The lowest BCUT2D eigenvalue weighted by molar-refractivity contribution is -0.151. The molecule has 1 N–H and O–H groups in total. The van der Waals surface area contributed by atoms with Gasteiger partial charge in [-0.15, -0.1) is 0 Å². The number of rotatable bonds is 3. The number of carbonyl (C=O) groups excluding carboxylic acids is 1. The van der Waals surface area contributed by atoms with Gasteiger partial charge in [0.2, 0.25) is 0 Å². The summed E-state index contributed by atoms with van der Waals surface area (Å²) in [7, 11) is 1.29. The van der Waals surface area contributed by atoms with Gasteiger partial charge in [-0.2, -0.15) is 0 Å². The molecule has 94 valence electrons. The van der Waals surface area contributed by atoms with E-state index in [2.05, 4.69) is 25.7 Å². The molecular formula is C10H13BrN2O4. The second-order valence-electron chi connectivity index (χ2n) is 4.24. The van der Waals surface area contributed by atoms with E-state index in [9.17, 15) is 14.4 Å². The zero-order valence-electron chi connectivity index (χ0n) is 9.74. The van der Waals surface area contributed by atoms with Crippen LogP contribution in [0.2, 0.25) is 0 Å². The fraction of sp³-hybridized carbons (Fsp3) is 0.500. The largest absolute Gasteiger partial charge is 0.469 e. The summed E-state index contributed by atoms with van der Waals surface area (Å²) in [4.78, 5) is 36.3. The molecule has 0 bridgehead atoms. The van der Waals surface area contributed by atoms with Crippen LogP contribution in [0.3, 0.4) is 0 Å². The van der Waals surface area contributed by atoms with Gasteiger partial charge in [-0.05, 0) is 29.8 Å². The van der Waals surface area contributed by atoms with Crippen molar-refractivity contribution in [3.8, 4) is 0 Å². The van der Waals surface area contributed by atoms with Crippen LogP contribution in [0.4, 0.5) is 0 Å². The van der Waals surface area contributed by atoms with Crippen LogP contribution in [-0.4, -0.2) is 22.6 Å². The van der Waals surface area contributed by atoms with E-state index < -0.39 is 22.6 Å². The first kappa shape index (κ1) is 13.7. The van der Waals surface area contributed by atoms with E-state index >= 15 is 0 Å². The Bertz CT molecular complexity index is 544. The topological polar surface area (TPSA) is 81.2 Å². The SMILES string of the molecule is COC(=O)C(C)(C)Cn1cc(Br)c(=O)[nH]c1=O. The molecule has 0 aliphatic rings. The Morgan fingerprint density at radius 3 is 2.65 bits per heavy atom. The molecule has 7 heteroatoms. The van der Waals surface area contributed by atoms with E-state index in [1.165, 1.54) is 17.9 Å². The van der Waals surface area contributed by atoms with Crippen LogP contribution in [0.5, 0.6) is 0 Å². The average molecular weight is 305 g/mol. The van der Waals surface area contributed by atoms with E-state index in [-0.39, 0.29) is 11.0 Å². The van der Waals surface area contributed by atoms with Crippen molar-refractivity contribution in [3.05, 3.63) is 31.5 Å². The van der Waals surface area contributed by atoms with Gasteiger partial charge < -0.3 is 4.74 Å². The first-order valence-electron chi connectivity index (χ1n) is 4.85. The van der Waals surface area contributed by atoms with Crippen LogP contribution in [-0.2, 0) is 16.1 Å². The van der Waals surface area contributed by atoms with E-state index in [0.29, 0.717) is 0 Å². The molecule has 1 aromatic rings. The number of halogens is 1. The molecule has 0 fully saturated rings. The highest BCUT2D eigenvalue weighted by atomic mass is 79.9. The Hall–Kier alpha value is -1.37. The van der Waals surface area contributed by atoms with Crippen LogP contribution in [0, 0.1) is 5.41 Å². The van der Waals surface area contributed by atoms with Gasteiger partial charge in [0, 0.05) is 12.7 Å². The van der Waals surface area contributed by atoms with Crippen molar-refractivity contribution >= 4 is 21.9 Å². The van der Waals surface area contributed by atoms with Crippen molar-refractivity contribution in [2.24, 2.45) is 5.41 Å². The Morgan fingerprint density at radius 2 is 2.12 bits per heavy atom. The first-order chi connectivity index (χ1) is 7.77. The third kappa shape index (κ3) is 3.06. The number of hydrogen-bond acceptors (Lipinski definition) is 4. The highest BCUT2D eigenvalue weighted by Crippen LogP contribution is 2.19. The molecule has 0 aromatic carbocycles. The minimum absolute atomic E-state index is 0.119. The molecule has 0 saturated carbocycles. The fourth-order valence-corrected chi connectivity index (χ4v) is 1.71.